The molecule has 1 atom stereocenters. The summed E-state index contributed by atoms with van der Waals surface area (Å²) in [6, 6.07) is 0. The van der Waals surface area contributed by atoms with Crippen LogP contribution in [0.25, 0.3) is 0 Å². The van der Waals surface area contributed by atoms with E-state index in [0.717, 1.165) is 77.0 Å². The first kappa shape index (κ1) is 75.4. The van der Waals surface area contributed by atoms with E-state index in [1.54, 1.807) is 0 Å². The van der Waals surface area contributed by atoms with E-state index in [1.807, 2.05) is 0 Å². The number of allylic oxidation sites excluding steroid dienone is 8. The van der Waals surface area contributed by atoms with Crippen molar-refractivity contribution in [3.63, 3.8) is 0 Å². The summed E-state index contributed by atoms with van der Waals surface area (Å²) in [6.07, 6.45) is 84.1. The van der Waals surface area contributed by atoms with Crippen LogP contribution in [0, 0.1) is 0 Å². The third kappa shape index (κ3) is 64.2. The molecule has 0 N–H and O–H groups in total. The van der Waals surface area contributed by atoms with E-state index in [4.69, 9.17) is 14.2 Å². The molecule has 0 aliphatic rings. The second-order valence-electron chi connectivity index (χ2n) is 23.4. The normalized spacial score (nSPS) is 12.3. The van der Waals surface area contributed by atoms with E-state index in [-0.39, 0.29) is 31.1 Å². The molecule has 0 bridgehead atoms. The predicted molar refractivity (Wildman–Crippen MR) is 339 cm³/mol. The number of ether oxygens (including phenoxy) is 3. The van der Waals surface area contributed by atoms with Gasteiger partial charge in [-0.1, -0.05) is 320 Å². The Morgan fingerprint density at radius 2 is 0.462 bits per heavy atom. The maximum absolute atomic E-state index is 12.9. The smallest absolute Gasteiger partial charge is 0.306 e. The van der Waals surface area contributed by atoms with Gasteiger partial charge in [0.15, 0.2) is 6.10 Å². The van der Waals surface area contributed by atoms with Crippen molar-refractivity contribution in [2.45, 2.75) is 380 Å². The van der Waals surface area contributed by atoms with Crippen molar-refractivity contribution in [1.82, 2.24) is 0 Å². The third-order valence-corrected chi connectivity index (χ3v) is 15.6. The minimum Gasteiger partial charge on any atom is -0.462 e. The van der Waals surface area contributed by atoms with Crippen molar-refractivity contribution in [2.24, 2.45) is 0 Å². The molecule has 0 fully saturated rings. The third-order valence-electron chi connectivity index (χ3n) is 15.6. The summed E-state index contributed by atoms with van der Waals surface area (Å²) in [4.78, 5) is 38.4. The van der Waals surface area contributed by atoms with E-state index < -0.39 is 6.10 Å². The van der Waals surface area contributed by atoms with E-state index in [1.165, 1.54) is 257 Å². The maximum Gasteiger partial charge on any atom is 0.306 e. The highest BCUT2D eigenvalue weighted by molar-refractivity contribution is 5.71. The van der Waals surface area contributed by atoms with Gasteiger partial charge in [0.25, 0.3) is 0 Å². The van der Waals surface area contributed by atoms with Crippen LogP contribution in [0.3, 0.4) is 0 Å². The molecular weight excluding hydrogens is 961 g/mol. The molecular formula is C72H132O6. The Morgan fingerprint density at radius 1 is 0.256 bits per heavy atom. The first-order chi connectivity index (χ1) is 38.5. The van der Waals surface area contributed by atoms with Crippen molar-refractivity contribution < 1.29 is 28.6 Å². The SMILES string of the molecule is CCCCCCC/C=C\C/C=C\C/C=C\CCCCCCCCC(=O)OC(COC(=O)CCCCCCCCC/C=C\CCCCCCCC)COC(=O)CCCCCCCCCCCCCCCCCCCCCCCC. The Kier molecular flexibility index (Phi) is 64.6. The number of esters is 3. The largest absolute Gasteiger partial charge is 0.462 e. The highest BCUT2D eigenvalue weighted by atomic mass is 16.6. The maximum atomic E-state index is 12.9. The van der Waals surface area contributed by atoms with Crippen LogP contribution in [-0.4, -0.2) is 37.2 Å². The number of rotatable bonds is 64. The monoisotopic (exact) mass is 1090 g/mol. The minimum absolute atomic E-state index is 0.0759. The van der Waals surface area contributed by atoms with E-state index in [2.05, 4.69) is 69.4 Å². The van der Waals surface area contributed by atoms with Gasteiger partial charge in [-0.3, -0.25) is 14.4 Å². The summed E-state index contributed by atoms with van der Waals surface area (Å²) in [5.74, 6) is -0.868. The second-order valence-corrected chi connectivity index (χ2v) is 23.4. The molecule has 6 nitrogen and oxygen atoms in total. The molecule has 0 aliphatic carbocycles. The Morgan fingerprint density at radius 3 is 0.731 bits per heavy atom. The van der Waals surface area contributed by atoms with Gasteiger partial charge in [-0.2, -0.15) is 0 Å². The number of hydrogen-bond acceptors (Lipinski definition) is 6. The van der Waals surface area contributed by atoms with Crippen molar-refractivity contribution in [3.05, 3.63) is 48.6 Å². The predicted octanol–water partition coefficient (Wildman–Crippen LogP) is 23.7. The fraction of sp³-hybridized carbons (Fsp3) is 0.847. The van der Waals surface area contributed by atoms with Crippen LogP contribution in [0.5, 0.6) is 0 Å². The summed E-state index contributed by atoms with van der Waals surface area (Å²) < 4.78 is 17.0. The van der Waals surface area contributed by atoms with Crippen LogP contribution in [0.15, 0.2) is 48.6 Å². The summed E-state index contributed by atoms with van der Waals surface area (Å²) in [5.41, 5.74) is 0. The molecule has 0 aromatic rings. The highest BCUT2D eigenvalue weighted by Gasteiger charge is 2.19. The molecule has 0 radical (unpaired) electrons. The van der Waals surface area contributed by atoms with Gasteiger partial charge in [-0.05, 0) is 83.5 Å². The summed E-state index contributed by atoms with van der Waals surface area (Å²) >= 11 is 0. The molecule has 0 aromatic heterocycles. The molecule has 78 heavy (non-hydrogen) atoms. The lowest BCUT2D eigenvalue weighted by molar-refractivity contribution is -0.167. The van der Waals surface area contributed by atoms with Gasteiger partial charge in [0.05, 0.1) is 0 Å². The summed E-state index contributed by atoms with van der Waals surface area (Å²) in [5, 5.41) is 0. The van der Waals surface area contributed by atoms with Crippen LogP contribution in [0.1, 0.15) is 374 Å². The van der Waals surface area contributed by atoms with Gasteiger partial charge < -0.3 is 14.2 Å². The van der Waals surface area contributed by atoms with E-state index in [9.17, 15) is 14.4 Å². The van der Waals surface area contributed by atoms with Crippen LogP contribution < -0.4 is 0 Å². The van der Waals surface area contributed by atoms with Crippen molar-refractivity contribution in [3.8, 4) is 0 Å². The zero-order chi connectivity index (χ0) is 56.4. The average Bonchev–Trinajstić information content (AvgIpc) is 3.44. The van der Waals surface area contributed by atoms with Gasteiger partial charge >= 0.3 is 17.9 Å². The Balaban J connectivity index is 4.35. The van der Waals surface area contributed by atoms with Crippen LogP contribution in [0.4, 0.5) is 0 Å². The minimum atomic E-state index is -0.782. The van der Waals surface area contributed by atoms with Gasteiger partial charge in [0.2, 0.25) is 0 Å². The Hall–Kier alpha value is -2.63. The summed E-state index contributed by atoms with van der Waals surface area (Å²) in [7, 11) is 0. The van der Waals surface area contributed by atoms with Crippen molar-refractivity contribution in [2.75, 3.05) is 13.2 Å². The molecule has 6 heteroatoms. The number of unbranched alkanes of at least 4 members (excludes halogenated alkanes) is 45. The number of carbonyl (C=O) groups is 3. The first-order valence-electron chi connectivity index (χ1n) is 34.6. The number of carbonyl (C=O) groups excluding carboxylic acids is 3. The van der Waals surface area contributed by atoms with E-state index in [0.29, 0.717) is 19.3 Å². The lowest BCUT2D eigenvalue weighted by Gasteiger charge is -2.18. The molecule has 0 amide bonds. The van der Waals surface area contributed by atoms with Crippen LogP contribution in [-0.2, 0) is 28.6 Å². The van der Waals surface area contributed by atoms with Gasteiger partial charge in [0, 0.05) is 19.3 Å². The molecule has 456 valence electrons. The Labute approximate surface area is 486 Å². The van der Waals surface area contributed by atoms with Crippen LogP contribution >= 0.6 is 0 Å². The quantitative estimate of drug-likeness (QED) is 0.0261. The molecule has 1 unspecified atom stereocenters. The van der Waals surface area contributed by atoms with Gasteiger partial charge in [-0.15, -0.1) is 0 Å². The van der Waals surface area contributed by atoms with Gasteiger partial charge in [0.1, 0.15) is 13.2 Å². The highest BCUT2D eigenvalue weighted by Crippen LogP contribution is 2.18. The zero-order valence-corrected chi connectivity index (χ0v) is 52.5. The average molecular weight is 1090 g/mol. The standard InChI is InChI=1S/C72H132O6/c1-4-7-10-13-16-19-22-25-28-31-33-35-37-38-41-44-47-50-53-56-59-62-65-71(74)77-68-69(67-76-70(73)64-61-58-55-52-49-46-43-40-30-27-24-21-18-15-12-9-6-3)78-72(75)66-63-60-57-54-51-48-45-42-39-36-34-32-29-26-23-20-17-14-11-8-5-2/h23,26-27,30,32,34,39,42,69H,4-22,24-25,28-29,31,33,35-38,40-41,43-68H2,1-3H3/b26-23-,30-27-,34-32-,42-39-. The number of hydrogen-bond donors (Lipinski definition) is 0. The summed E-state index contributed by atoms with van der Waals surface area (Å²) in [6.45, 7) is 6.68. The molecule has 0 spiro atoms. The van der Waals surface area contributed by atoms with Gasteiger partial charge in [-0.25, -0.2) is 0 Å². The molecule has 0 saturated carbocycles. The van der Waals surface area contributed by atoms with Crippen molar-refractivity contribution >= 4 is 17.9 Å². The Bertz CT molecular complexity index is 1350. The topological polar surface area (TPSA) is 78.9 Å². The zero-order valence-electron chi connectivity index (χ0n) is 52.5. The van der Waals surface area contributed by atoms with Crippen LogP contribution in [0.2, 0.25) is 0 Å². The van der Waals surface area contributed by atoms with Crippen molar-refractivity contribution in [1.29, 1.82) is 0 Å². The van der Waals surface area contributed by atoms with E-state index >= 15 is 0 Å². The fourth-order valence-corrected chi connectivity index (χ4v) is 10.3. The second kappa shape index (κ2) is 66.9. The fourth-order valence-electron chi connectivity index (χ4n) is 10.3. The lowest BCUT2D eigenvalue weighted by Crippen LogP contribution is -2.30. The molecule has 0 saturated heterocycles. The molecule has 0 heterocycles. The molecule has 0 aromatic carbocycles. The molecule has 0 rings (SSSR count). The molecule has 0 aliphatic heterocycles. The lowest BCUT2D eigenvalue weighted by atomic mass is 10.0. The first-order valence-corrected chi connectivity index (χ1v) is 34.6.